The second kappa shape index (κ2) is 10.5. The summed E-state index contributed by atoms with van der Waals surface area (Å²) in [5.74, 6) is -0.957. The fourth-order valence-corrected chi connectivity index (χ4v) is 3.58. The van der Waals surface area contributed by atoms with Gasteiger partial charge in [-0.05, 0) is 35.2 Å². The molecular weight excluding hydrogens is 448 g/mol. The van der Waals surface area contributed by atoms with Crippen LogP contribution in [0.15, 0.2) is 78.9 Å². The Hall–Kier alpha value is -4.02. The van der Waals surface area contributed by atoms with Crippen molar-refractivity contribution in [2.75, 3.05) is 11.9 Å². The van der Waals surface area contributed by atoms with E-state index >= 15 is 0 Å². The number of para-hydroxylation sites is 1. The van der Waals surface area contributed by atoms with Gasteiger partial charge in [0, 0.05) is 16.6 Å². The molecule has 0 radical (unpaired) electrons. The van der Waals surface area contributed by atoms with E-state index in [0.29, 0.717) is 38.9 Å². The van der Waals surface area contributed by atoms with Crippen LogP contribution in [0.25, 0.3) is 22.2 Å². The number of pyridine rings is 1. The van der Waals surface area contributed by atoms with Crippen molar-refractivity contribution in [3.8, 4) is 11.3 Å². The summed E-state index contributed by atoms with van der Waals surface area (Å²) in [6, 6.07) is 21.3. The first-order valence-corrected chi connectivity index (χ1v) is 10.7. The van der Waals surface area contributed by atoms with E-state index in [9.17, 15) is 29.7 Å². The Morgan fingerprint density at radius 1 is 0.800 bits per heavy atom. The molecule has 4 aromatic rings. The van der Waals surface area contributed by atoms with Crippen LogP contribution in [-0.4, -0.2) is 57.7 Å². The molecule has 1 heterocycles. The van der Waals surface area contributed by atoms with E-state index in [0.717, 1.165) is 0 Å². The van der Waals surface area contributed by atoms with Crippen LogP contribution in [0, 0.1) is 0 Å². The highest BCUT2D eigenvalue weighted by molar-refractivity contribution is 6.59. The number of fused-ring (bicyclic) bond motifs is 1. The Bertz CT molecular complexity index is 1380. The van der Waals surface area contributed by atoms with E-state index in [1.807, 2.05) is 0 Å². The van der Waals surface area contributed by atoms with E-state index < -0.39 is 26.1 Å². The molecule has 0 unspecified atom stereocenters. The maximum Gasteiger partial charge on any atom is 0.488 e. The standard InChI is InChI=1S/C24H21B2N3O6/c30-23(28-18-5-3-4-17(12-18)26(34)35)14-27-24(31)20-13-22(29-21-7-2-1-6-19(20)21)15-8-10-16(11-9-15)25(32)33/h1-13,32-35H,14H2,(H,27,31)(H,28,30). The quantitative estimate of drug-likeness (QED) is 0.202. The SMILES string of the molecule is O=C(CNC(=O)c1cc(-c2ccc(B(O)O)cc2)nc2ccccc12)Nc1cccc(B(O)O)c1. The number of anilines is 1. The van der Waals surface area contributed by atoms with Gasteiger partial charge in [-0.1, -0.05) is 54.6 Å². The Morgan fingerprint density at radius 3 is 2.23 bits per heavy atom. The number of hydrogen-bond acceptors (Lipinski definition) is 7. The van der Waals surface area contributed by atoms with Gasteiger partial charge < -0.3 is 30.7 Å². The summed E-state index contributed by atoms with van der Waals surface area (Å²) in [5, 5.41) is 43.0. The molecule has 0 bridgehead atoms. The zero-order valence-corrected chi connectivity index (χ0v) is 18.4. The topological polar surface area (TPSA) is 152 Å². The third kappa shape index (κ3) is 5.73. The highest BCUT2D eigenvalue weighted by Gasteiger charge is 2.17. The summed E-state index contributed by atoms with van der Waals surface area (Å²) >= 11 is 0. The number of benzene rings is 3. The molecule has 4 rings (SSSR count). The van der Waals surface area contributed by atoms with Crippen LogP contribution < -0.4 is 21.6 Å². The van der Waals surface area contributed by atoms with Crippen molar-refractivity contribution in [3.05, 3.63) is 84.4 Å². The summed E-state index contributed by atoms with van der Waals surface area (Å²) in [6.07, 6.45) is 0. The third-order valence-corrected chi connectivity index (χ3v) is 5.34. The molecule has 11 heteroatoms. The van der Waals surface area contributed by atoms with Crippen molar-refractivity contribution < 1.29 is 29.7 Å². The first kappa shape index (κ1) is 24.1. The fourth-order valence-electron chi connectivity index (χ4n) is 3.58. The van der Waals surface area contributed by atoms with Crippen LogP contribution in [0.3, 0.4) is 0 Å². The number of aromatic nitrogens is 1. The van der Waals surface area contributed by atoms with Crippen LogP contribution in [0.1, 0.15) is 10.4 Å². The zero-order chi connectivity index (χ0) is 24.9. The summed E-state index contributed by atoms with van der Waals surface area (Å²) in [5.41, 5.74) is 3.03. The molecule has 2 amide bonds. The van der Waals surface area contributed by atoms with Crippen LogP contribution in [0.2, 0.25) is 0 Å². The van der Waals surface area contributed by atoms with E-state index in [1.54, 1.807) is 66.7 Å². The smallest absolute Gasteiger partial charge is 0.423 e. The van der Waals surface area contributed by atoms with Gasteiger partial charge >= 0.3 is 14.2 Å². The highest BCUT2D eigenvalue weighted by Crippen LogP contribution is 2.24. The Balaban J connectivity index is 1.54. The molecule has 0 saturated heterocycles. The summed E-state index contributed by atoms with van der Waals surface area (Å²) in [4.78, 5) is 30.0. The zero-order valence-electron chi connectivity index (χ0n) is 18.4. The molecule has 0 saturated carbocycles. The van der Waals surface area contributed by atoms with E-state index in [-0.39, 0.29) is 12.0 Å². The normalized spacial score (nSPS) is 10.6. The second-order valence-electron chi connectivity index (χ2n) is 7.80. The minimum Gasteiger partial charge on any atom is -0.423 e. The summed E-state index contributed by atoms with van der Waals surface area (Å²) < 4.78 is 0. The number of carbonyl (C=O) groups is 2. The van der Waals surface area contributed by atoms with Gasteiger partial charge in [-0.3, -0.25) is 9.59 Å². The number of nitrogens with one attached hydrogen (secondary N) is 2. The van der Waals surface area contributed by atoms with Crippen molar-refractivity contribution in [2.45, 2.75) is 0 Å². The van der Waals surface area contributed by atoms with Gasteiger partial charge in [0.15, 0.2) is 0 Å². The van der Waals surface area contributed by atoms with Gasteiger partial charge in [-0.25, -0.2) is 4.98 Å². The fraction of sp³-hybridized carbons (Fsp3) is 0.0417. The molecule has 0 fully saturated rings. The molecule has 1 aromatic heterocycles. The lowest BCUT2D eigenvalue weighted by molar-refractivity contribution is -0.115. The number of hydrogen-bond donors (Lipinski definition) is 6. The van der Waals surface area contributed by atoms with Crippen LogP contribution >= 0.6 is 0 Å². The van der Waals surface area contributed by atoms with Crippen molar-refractivity contribution in [1.82, 2.24) is 10.3 Å². The largest absolute Gasteiger partial charge is 0.488 e. The molecule has 0 atom stereocenters. The first-order chi connectivity index (χ1) is 16.8. The van der Waals surface area contributed by atoms with Crippen LogP contribution in [-0.2, 0) is 4.79 Å². The molecule has 0 aliphatic carbocycles. The van der Waals surface area contributed by atoms with Gasteiger partial charge in [0.25, 0.3) is 5.91 Å². The summed E-state index contributed by atoms with van der Waals surface area (Å²) in [6.45, 7) is -0.306. The number of rotatable bonds is 7. The Labute approximate surface area is 201 Å². The lowest BCUT2D eigenvalue weighted by atomic mass is 9.80. The molecule has 0 spiro atoms. The molecule has 0 aliphatic heterocycles. The predicted octanol–water partition coefficient (Wildman–Crippen LogP) is -0.370. The van der Waals surface area contributed by atoms with Gasteiger partial charge in [-0.2, -0.15) is 0 Å². The molecular formula is C24H21B2N3O6. The van der Waals surface area contributed by atoms with Crippen molar-refractivity contribution in [3.63, 3.8) is 0 Å². The van der Waals surface area contributed by atoms with Crippen molar-refractivity contribution >= 4 is 53.6 Å². The van der Waals surface area contributed by atoms with Gasteiger partial charge in [0.1, 0.15) is 0 Å². The monoisotopic (exact) mass is 469 g/mol. The molecule has 9 nitrogen and oxygen atoms in total. The molecule has 3 aromatic carbocycles. The number of amides is 2. The molecule has 6 N–H and O–H groups in total. The van der Waals surface area contributed by atoms with Gasteiger partial charge in [0.2, 0.25) is 5.91 Å². The van der Waals surface area contributed by atoms with Gasteiger partial charge in [-0.15, -0.1) is 0 Å². The van der Waals surface area contributed by atoms with Crippen molar-refractivity contribution in [1.29, 1.82) is 0 Å². The lowest BCUT2D eigenvalue weighted by Gasteiger charge is -2.12. The van der Waals surface area contributed by atoms with E-state index in [4.69, 9.17) is 0 Å². The Kier molecular flexibility index (Phi) is 7.23. The van der Waals surface area contributed by atoms with Crippen LogP contribution in [0.4, 0.5) is 5.69 Å². The minimum atomic E-state index is -1.66. The molecule has 0 aliphatic rings. The average molecular weight is 469 g/mol. The second-order valence-corrected chi connectivity index (χ2v) is 7.80. The molecule has 35 heavy (non-hydrogen) atoms. The minimum absolute atomic E-state index is 0.226. The molecule has 174 valence electrons. The number of nitrogens with zero attached hydrogens (tertiary/aromatic N) is 1. The summed E-state index contributed by atoms with van der Waals surface area (Å²) in [7, 11) is -3.25. The van der Waals surface area contributed by atoms with E-state index in [2.05, 4.69) is 15.6 Å². The third-order valence-electron chi connectivity index (χ3n) is 5.34. The average Bonchev–Trinajstić information content (AvgIpc) is 2.86. The Morgan fingerprint density at radius 2 is 1.51 bits per heavy atom. The maximum absolute atomic E-state index is 13.0. The van der Waals surface area contributed by atoms with Crippen molar-refractivity contribution in [2.24, 2.45) is 0 Å². The first-order valence-electron chi connectivity index (χ1n) is 10.7. The highest BCUT2D eigenvalue weighted by atomic mass is 16.4. The van der Waals surface area contributed by atoms with E-state index in [1.165, 1.54) is 12.1 Å². The van der Waals surface area contributed by atoms with Gasteiger partial charge in [0.05, 0.1) is 23.3 Å². The lowest BCUT2D eigenvalue weighted by Crippen LogP contribution is -2.34. The predicted molar refractivity (Wildman–Crippen MR) is 134 cm³/mol. The van der Waals surface area contributed by atoms with Crippen LogP contribution in [0.5, 0.6) is 0 Å². The maximum atomic E-state index is 13.0. The number of carbonyl (C=O) groups excluding carboxylic acids is 2.